The molecule has 1 amide bonds. The Bertz CT molecular complexity index is 895. The van der Waals surface area contributed by atoms with Gasteiger partial charge < -0.3 is 4.74 Å². The molecule has 3 rings (SSSR count). The topological polar surface area (TPSA) is 64.1 Å². The van der Waals surface area contributed by atoms with E-state index in [0.717, 1.165) is 16.1 Å². The van der Waals surface area contributed by atoms with Gasteiger partial charge in [-0.15, -0.1) is 10.2 Å². The van der Waals surface area contributed by atoms with E-state index >= 15 is 0 Å². The highest BCUT2D eigenvalue weighted by molar-refractivity contribution is 7.18. The van der Waals surface area contributed by atoms with Gasteiger partial charge in [-0.25, -0.2) is 0 Å². The first kappa shape index (κ1) is 16.4. The number of anilines is 1. The van der Waals surface area contributed by atoms with Crippen LogP contribution in [0.15, 0.2) is 42.5 Å². The smallest absolute Gasteiger partial charge is 0.261 e. The summed E-state index contributed by atoms with van der Waals surface area (Å²) in [5.74, 6) is 0.0994. The predicted octanol–water partition coefficient (Wildman–Crippen LogP) is 4.43. The van der Waals surface area contributed by atoms with Crippen LogP contribution < -0.4 is 10.1 Å². The number of methoxy groups -OCH3 is 1. The third-order valence-electron chi connectivity index (χ3n) is 3.43. The van der Waals surface area contributed by atoms with Crippen LogP contribution in [0, 0.1) is 6.92 Å². The van der Waals surface area contributed by atoms with Gasteiger partial charge in [0.25, 0.3) is 5.91 Å². The van der Waals surface area contributed by atoms with Gasteiger partial charge >= 0.3 is 0 Å². The molecule has 1 heterocycles. The summed E-state index contributed by atoms with van der Waals surface area (Å²) in [5.41, 5.74) is 2.44. The third-order valence-corrected chi connectivity index (χ3v) is 4.53. The summed E-state index contributed by atoms with van der Waals surface area (Å²) in [6.45, 7) is 2.01. The average Bonchev–Trinajstić information content (AvgIpc) is 3.03. The molecule has 0 fully saturated rings. The van der Waals surface area contributed by atoms with Crippen LogP contribution in [0.1, 0.15) is 15.9 Å². The van der Waals surface area contributed by atoms with Crippen molar-refractivity contribution in [3.05, 3.63) is 58.6 Å². The van der Waals surface area contributed by atoms with Crippen molar-refractivity contribution < 1.29 is 9.53 Å². The minimum absolute atomic E-state index is 0.345. The van der Waals surface area contributed by atoms with E-state index in [1.54, 1.807) is 18.2 Å². The van der Waals surface area contributed by atoms with Crippen molar-refractivity contribution in [2.75, 3.05) is 12.4 Å². The van der Waals surface area contributed by atoms with E-state index < -0.39 is 0 Å². The monoisotopic (exact) mass is 359 g/mol. The van der Waals surface area contributed by atoms with Gasteiger partial charge in [0, 0.05) is 10.6 Å². The van der Waals surface area contributed by atoms with Crippen molar-refractivity contribution in [2.24, 2.45) is 0 Å². The first-order valence-electron chi connectivity index (χ1n) is 7.13. The number of benzene rings is 2. The van der Waals surface area contributed by atoms with Crippen LogP contribution in [0.25, 0.3) is 10.6 Å². The number of aryl methyl sites for hydroxylation is 1. The van der Waals surface area contributed by atoms with E-state index in [-0.39, 0.29) is 5.91 Å². The van der Waals surface area contributed by atoms with E-state index in [2.05, 4.69) is 15.5 Å². The lowest BCUT2D eigenvalue weighted by Gasteiger charge is -2.07. The normalized spacial score (nSPS) is 10.5. The van der Waals surface area contributed by atoms with Gasteiger partial charge in [0.15, 0.2) is 0 Å². The highest BCUT2D eigenvalue weighted by Crippen LogP contribution is 2.29. The molecular weight excluding hydrogens is 346 g/mol. The zero-order valence-electron chi connectivity index (χ0n) is 13.0. The molecule has 0 aliphatic carbocycles. The summed E-state index contributed by atoms with van der Waals surface area (Å²) in [6.07, 6.45) is 0. The fourth-order valence-electron chi connectivity index (χ4n) is 2.22. The van der Waals surface area contributed by atoms with Crippen LogP contribution >= 0.6 is 22.9 Å². The maximum atomic E-state index is 12.4. The maximum Gasteiger partial charge on any atom is 0.261 e. The van der Waals surface area contributed by atoms with Crippen molar-refractivity contribution in [2.45, 2.75) is 6.92 Å². The molecule has 3 aromatic rings. The third kappa shape index (κ3) is 3.39. The lowest BCUT2D eigenvalue weighted by Crippen LogP contribution is -2.13. The van der Waals surface area contributed by atoms with Crippen LogP contribution in [0.3, 0.4) is 0 Å². The van der Waals surface area contributed by atoms with Crippen LogP contribution in [0.2, 0.25) is 5.02 Å². The molecule has 7 heteroatoms. The van der Waals surface area contributed by atoms with E-state index in [4.69, 9.17) is 16.3 Å². The lowest BCUT2D eigenvalue weighted by molar-refractivity contribution is 0.102. The van der Waals surface area contributed by atoms with Gasteiger partial charge in [-0.05, 0) is 30.7 Å². The Hall–Kier alpha value is -2.44. The van der Waals surface area contributed by atoms with Crippen molar-refractivity contribution in [3.8, 4) is 16.3 Å². The summed E-state index contributed by atoms with van der Waals surface area (Å²) < 4.78 is 5.20. The summed E-state index contributed by atoms with van der Waals surface area (Å²) in [4.78, 5) is 12.4. The van der Waals surface area contributed by atoms with Crippen molar-refractivity contribution in [1.29, 1.82) is 0 Å². The highest BCUT2D eigenvalue weighted by atomic mass is 35.5. The van der Waals surface area contributed by atoms with Crippen molar-refractivity contribution in [1.82, 2.24) is 10.2 Å². The fraction of sp³-hybridized carbons (Fsp3) is 0.118. The Morgan fingerprint density at radius 1 is 1.21 bits per heavy atom. The fourth-order valence-corrected chi connectivity index (χ4v) is 3.22. The molecule has 0 saturated carbocycles. The van der Waals surface area contributed by atoms with E-state index in [9.17, 15) is 4.79 Å². The van der Waals surface area contributed by atoms with Crippen LogP contribution in [0.4, 0.5) is 5.13 Å². The first-order valence-corrected chi connectivity index (χ1v) is 8.32. The van der Waals surface area contributed by atoms with Crippen molar-refractivity contribution >= 4 is 34.0 Å². The molecule has 5 nitrogen and oxygen atoms in total. The van der Waals surface area contributed by atoms with Crippen LogP contribution in [0.5, 0.6) is 5.75 Å². The number of carbonyl (C=O) groups is 1. The maximum absolute atomic E-state index is 12.4. The number of hydrogen-bond donors (Lipinski definition) is 1. The van der Waals surface area contributed by atoms with Gasteiger partial charge in [-0.3, -0.25) is 10.1 Å². The Balaban J connectivity index is 1.84. The Morgan fingerprint density at radius 3 is 2.75 bits per heavy atom. The molecule has 0 saturated heterocycles. The second-order valence-corrected chi connectivity index (χ2v) is 6.44. The van der Waals surface area contributed by atoms with Gasteiger partial charge in [0.2, 0.25) is 5.13 Å². The van der Waals surface area contributed by atoms with Crippen molar-refractivity contribution in [3.63, 3.8) is 0 Å². The second kappa shape index (κ2) is 6.98. The molecule has 24 heavy (non-hydrogen) atoms. The quantitative estimate of drug-likeness (QED) is 0.748. The average molecular weight is 360 g/mol. The molecule has 2 aromatic carbocycles. The Kier molecular flexibility index (Phi) is 4.78. The zero-order chi connectivity index (χ0) is 17.1. The number of nitrogens with one attached hydrogen (secondary N) is 1. The molecule has 0 aliphatic heterocycles. The minimum atomic E-state index is -0.346. The molecular formula is C17H14ClN3O2S. The molecule has 0 unspecified atom stereocenters. The van der Waals surface area contributed by atoms with E-state index in [0.29, 0.717) is 21.5 Å². The molecule has 0 atom stereocenters. The molecule has 122 valence electrons. The molecule has 1 N–H and O–H groups in total. The molecule has 0 bridgehead atoms. The number of ether oxygens (including phenoxy) is 1. The molecule has 0 aliphatic rings. The van der Waals surface area contributed by atoms with Crippen LogP contribution in [-0.2, 0) is 0 Å². The summed E-state index contributed by atoms with van der Waals surface area (Å²) in [5, 5.41) is 12.6. The van der Waals surface area contributed by atoms with Gasteiger partial charge in [-0.2, -0.15) is 0 Å². The Labute approximate surface area is 148 Å². The molecule has 0 spiro atoms. The highest BCUT2D eigenvalue weighted by Gasteiger charge is 2.16. The summed E-state index contributed by atoms with van der Waals surface area (Å²) in [7, 11) is 1.50. The molecule has 1 aromatic heterocycles. The summed E-state index contributed by atoms with van der Waals surface area (Å²) in [6, 6.07) is 12.8. The minimum Gasteiger partial charge on any atom is -0.496 e. The number of rotatable bonds is 4. The largest absolute Gasteiger partial charge is 0.496 e. The molecule has 0 radical (unpaired) electrons. The van der Waals surface area contributed by atoms with Crippen LogP contribution in [-0.4, -0.2) is 23.2 Å². The number of carbonyl (C=O) groups excluding carboxylic acids is 1. The standard InChI is InChI=1S/C17H14ClN3O2S/c1-10-5-3-4-6-12(10)16-20-21-17(24-16)19-15(22)13-9-11(18)7-8-14(13)23-2/h3-9H,1-2H3,(H,19,21,22). The summed E-state index contributed by atoms with van der Waals surface area (Å²) >= 11 is 7.27. The number of amides is 1. The van der Waals surface area contributed by atoms with E-state index in [1.165, 1.54) is 18.4 Å². The van der Waals surface area contributed by atoms with Gasteiger partial charge in [-0.1, -0.05) is 47.2 Å². The van der Waals surface area contributed by atoms with Gasteiger partial charge in [0.1, 0.15) is 10.8 Å². The number of nitrogens with zero attached hydrogens (tertiary/aromatic N) is 2. The second-order valence-electron chi connectivity index (χ2n) is 5.03. The van der Waals surface area contributed by atoms with E-state index in [1.807, 2.05) is 31.2 Å². The zero-order valence-corrected chi connectivity index (χ0v) is 14.6. The number of halogens is 1. The number of hydrogen-bond acceptors (Lipinski definition) is 5. The first-order chi connectivity index (χ1) is 11.6. The SMILES string of the molecule is COc1ccc(Cl)cc1C(=O)Nc1nnc(-c2ccccc2C)s1. The Morgan fingerprint density at radius 2 is 2.00 bits per heavy atom. The predicted molar refractivity (Wildman–Crippen MR) is 96.0 cm³/mol. The van der Waals surface area contributed by atoms with Gasteiger partial charge in [0.05, 0.1) is 12.7 Å². The lowest BCUT2D eigenvalue weighted by atomic mass is 10.1. The number of aromatic nitrogens is 2.